The van der Waals surface area contributed by atoms with Gasteiger partial charge in [-0.05, 0) is 72.5 Å². The van der Waals surface area contributed by atoms with E-state index in [4.69, 9.17) is 18.9 Å². The second-order valence-electron chi connectivity index (χ2n) is 8.03. The molecule has 0 aliphatic heterocycles. The first-order valence-corrected chi connectivity index (χ1v) is 12.1. The molecule has 0 saturated carbocycles. The highest BCUT2D eigenvalue weighted by molar-refractivity contribution is 5.98. The van der Waals surface area contributed by atoms with E-state index in [1.54, 1.807) is 86.6 Å². The Kier molecular flexibility index (Phi) is 8.51. The molecular weight excluding hydrogens is 484 g/mol. The molecule has 0 atom stereocenters. The second-order valence-corrected chi connectivity index (χ2v) is 8.03. The lowest BCUT2D eigenvalue weighted by Crippen LogP contribution is -2.13. The molecule has 0 spiro atoms. The van der Waals surface area contributed by atoms with Gasteiger partial charge in [0.2, 0.25) is 0 Å². The predicted octanol–water partition coefficient (Wildman–Crippen LogP) is 6.95. The Morgan fingerprint density at radius 2 is 0.895 bits per heavy atom. The van der Waals surface area contributed by atoms with Gasteiger partial charge in [0, 0.05) is 0 Å². The Balaban J connectivity index is 1.42. The van der Waals surface area contributed by atoms with E-state index < -0.39 is 18.1 Å². The maximum atomic E-state index is 12.4. The Bertz CT molecular complexity index is 1310. The van der Waals surface area contributed by atoms with Gasteiger partial charge in [-0.1, -0.05) is 60.7 Å². The van der Waals surface area contributed by atoms with E-state index >= 15 is 0 Å². The largest absolute Gasteiger partial charge is 0.519 e. The minimum Gasteiger partial charge on any atom is -0.462 e. The quantitative estimate of drug-likeness (QED) is 0.187. The summed E-state index contributed by atoms with van der Waals surface area (Å²) in [4.78, 5) is 36.9. The molecule has 4 aromatic rings. The predicted molar refractivity (Wildman–Crippen MR) is 142 cm³/mol. The summed E-state index contributed by atoms with van der Waals surface area (Å²) in [7, 11) is 0. The number of esters is 2. The third-order valence-electron chi connectivity index (χ3n) is 5.58. The zero-order valence-electron chi connectivity index (χ0n) is 21.0. The van der Waals surface area contributed by atoms with Gasteiger partial charge in [-0.25, -0.2) is 14.4 Å². The molecule has 7 nitrogen and oxygen atoms in total. The zero-order chi connectivity index (χ0) is 26.9. The van der Waals surface area contributed by atoms with Gasteiger partial charge in [-0.2, -0.15) is 0 Å². The number of hydrogen-bond donors (Lipinski definition) is 0. The molecule has 0 unspecified atom stereocenters. The summed E-state index contributed by atoms with van der Waals surface area (Å²) in [5.41, 5.74) is 3.88. The summed E-state index contributed by atoms with van der Waals surface area (Å²) >= 11 is 0. The summed E-state index contributed by atoms with van der Waals surface area (Å²) in [5, 5.41) is 0. The molecular formula is C31H26O7. The van der Waals surface area contributed by atoms with Gasteiger partial charge in [0.1, 0.15) is 11.5 Å². The average molecular weight is 511 g/mol. The van der Waals surface area contributed by atoms with Gasteiger partial charge in [-0.3, -0.25) is 0 Å². The summed E-state index contributed by atoms with van der Waals surface area (Å²) in [5.74, 6) is -0.232. The van der Waals surface area contributed by atoms with Gasteiger partial charge < -0.3 is 18.9 Å². The Morgan fingerprint density at radius 3 is 1.26 bits per heavy atom. The van der Waals surface area contributed by atoms with Crippen molar-refractivity contribution in [3.05, 3.63) is 108 Å². The smallest absolute Gasteiger partial charge is 0.462 e. The van der Waals surface area contributed by atoms with E-state index in [0.29, 0.717) is 22.3 Å². The van der Waals surface area contributed by atoms with Gasteiger partial charge in [0.25, 0.3) is 0 Å². The molecule has 0 N–H and O–H groups in total. The molecule has 7 heteroatoms. The lowest BCUT2D eigenvalue weighted by Gasteiger charge is -2.11. The van der Waals surface area contributed by atoms with Crippen LogP contribution in [-0.2, 0) is 9.47 Å². The van der Waals surface area contributed by atoms with Crippen molar-refractivity contribution in [3.63, 3.8) is 0 Å². The second kappa shape index (κ2) is 12.4. The third kappa shape index (κ3) is 6.25. The van der Waals surface area contributed by atoms with E-state index in [1.165, 1.54) is 0 Å². The first kappa shape index (κ1) is 26.2. The van der Waals surface area contributed by atoms with Crippen LogP contribution in [0.15, 0.2) is 97.1 Å². The van der Waals surface area contributed by atoms with Crippen LogP contribution in [0.2, 0.25) is 0 Å². The normalized spacial score (nSPS) is 10.4. The molecule has 0 aliphatic rings. The molecule has 4 rings (SSSR count). The van der Waals surface area contributed by atoms with Crippen LogP contribution in [0.1, 0.15) is 34.6 Å². The van der Waals surface area contributed by atoms with Crippen molar-refractivity contribution in [3.8, 4) is 33.8 Å². The zero-order valence-corrected chi connectivity index (χ0v) is 21.0. The van der Waals surface area contributed by atoms with Crippen molar-refractivity contribution < 1.29 is 33.3 Å². The fourth-order valence-electron chi connectivity index (χ4n) is 3.86. The number of hydrogen-bond acceptors (Lipinski definition) is 7. The molecule has 0 bridgehead atoms. The van der Waals surface area contributed by atoms with Gasteiger partial charge >= 0.3 is 18.1 Å². The number of rotatable bonds is 8. The van der Waals surface area contributed by atoms with Crippen molar-refractivity contribution in [2.75, 3.05) is 13.2 Å². The van der Waals surface area contributed by atoms with Crippen LogP contribution >= 0.6 is 0 Å². The number of carbonyl (C=O) groups is 3. The number of carbonyl (C=O) groups excluding carboxylic acids is 3. The number of ether oxygens (including phenoxy) is 4. The van der Waals surface area contributed by atoms with Crippen LogP contribution in [0.4, 0.5) is 4.79 Å². The molecule has 0 aromatic heterocycles. The monoisotopic (exact) mass is 510 g/mol. The highest BCUT2D eigenvalue weighted by atomic mass is 16.7. The maximum Gasteiger partial charge on any atom is 0.519 e. The van der Waals surface area contributed by atoms with Gasteiger partial charge in [0.05, 0.1) is 24.3 Å². The van der Waals surface area contributed by atoms with Crippen molar-refractivity contribution in [1.82, 2.24) is 0 Å². The number of benzene rings is 4. The average Bonchev–Trinajstić information content (AvgIpc) is 2.94. The lowest BCUT2D eigenvalue weighted by atomic mass is 10.00. The van der Waals surface area contributed by atoms with E-state index in [0.717, 1.165) is 11.1 Å². The summed E-state index contributed by atoms with van der Waals surface area (Å²) < 4.78 is 20.9. The molecule has 0 heterocycles. The highest BCUT2D eigenvalue weighted by Gasteiger charge is 2.15. The van der Waals surface area contributed by atoms with E-state index in [9.17, 15) is 14.4 Å². The third-order valence-corrected chi connectivity index (χ3v) is 5.58. The van der Waals surface area contributed by atoms with E-state index in [-0.39, 0.29) is 24.7 Å². The van der Waals surface area contributed by atoms with Crippen molar-refractivity contribution in [2.45, 2.75) is 13.8 Å². The minimum atomic E-state index is -0.899. The van der Waals surface area contributed by atoms with Gasteiger partial charge in [0.15, 0.2) is 0 Å². The highest BCUT2D eigenvalue weighted by Crippen LogP contribution is 2.28. The molecule has 0 aliphatic carbocycles. The SMILES string of the molecule is CCOC(=O)c1ccccc1-c1ccc(OC(=O)Oc2ccc(-c3ccccc3C(=O)OCC)cc2)cc1. The summed E-state index contributed by atoms with van der Waals surface area (Å²) in [6.45, 7) is 4.08. The van der Waals surface area contributed by atoms with E-state index in [2.05, 4.69) is 0 Å². The van der Waals surface area contributed by atoms with Crippen LogP contribution in [0.5, 0.6) is 11.5 Å². The minimum absolute atomic E-state index is 0.283. The molecule has 0 saturated heterocycles. The van der Waals surface area contributed by atoms with Crippen LogP contribution < -0.4 is 9.47 Å². The molecule has 0 amide bonds. The Hall–Kier alpha value is -4.91. The van der Waals surface area contributed by atoms with Crippen LogP contribution in [0.3, 0.4) is 0 Å². The van der Waals surface area contributed by atoms with Crippen molar-refractivity contribution in [2.24, 2.45) is 0 Å². The molecule has 0 fully saturated rings. The van der Waals surface area contributed by atoms with Crippen molar-refractivity contribution >= 4 is 18.1 Å². The fourth-order valence-corrected chi connectivity index (χ4v) is 3.86. The topological polar surface area (TPSA) is 88.1 Å². The standard InChI is InChI=1S/C31H26O7/c1-3-35-29(32)27-11-7-5-9-25(27)21-13-17-23(18-14-21)37-31(34)38-24-19-15-22(16-20-24)26-10-6-8-12-28(26)30(33)36-4-2/h5-20H,3-4H2,1-2H3. The van der Waals surface area contributed by atoms with Crippen molar-refractivity contribution in [1.29, 1.82) is 0 Å². The Morgan fingerprint density at radius 1 is 0.526 bits per heavy atom. The maximum absolute atomic E-state index is 12.4. The van der Waals surface area contributed by atoms with Gasteiger partial charge in [-0.15, -0.1) is 0 Å². The van der Waals surface area contributed by atoms with Crippen LogP contribution in [0, 0.1) is 0 Å². The Labute approximate surface area is 220 Å². The van der Waals surface area contributed by atoms with Crippen LogP contribution in [0.25, 0.3) is 22.3 Å². The molecule has 4 aromatic carbocycles. The molecule has 192 valence electrons. The lowest BCUT2D eigenvalue weighted by molar-refractivity contribution is 0.0517. The fraction of sp³-hybridized carbons (Fsp3) is 0.129. The van der Waals surface area contributed by atoms with Crippen LogP contribution in [-0.4, -0.2) is 31.3 Å². The summed E-state index contributed by atoms with van der Waals surface area (Å²) in [6.07, 6.45) is -0.899. The summed E-state index contributed by atoms with van der Waals surface area (Å²) in [6, 6.07) is 27.7. The first-order chi connectivity index (χ1) is 18.5. The molecule has 38 heavy (non-hydrogen) atoms. The van der Waals surface area contributed by atoms with E-state index in [1.807, 2.05) is 24.3 Å². The molecule has 0 radical (unpaired) electrons. The first-order valence-electron chi connectivity index (χ1n) is 12.1.